The Morgan fingerprint density at radius 2 is 2.67 bits per heavy atom. The number of hydrogen-bond acceptors (Lipinski definition) is 4. The highest BCUT2D eigenvalue weighted by molar-refractivity contribution is 7.15. The highest BCUT2D eigenvalue weighted by atomic mass is 32.1. The van der Waals surface area contributed by atoms with E-state index in [1.807, 2.05) is 6.20 Å². The molecule has 0 aliphatic carbocycles. The van der Waals surface area contributed by atoms with Gasteiger partial charge in [-0.05, 0) is 19.9 Å². The molecule has 0 bridgehead atoms. The Kier molecular flexibility index (Phi) is 2.28. The van der Waals surface area contributed by atoms with Gasteiger partial charge in [-0.15, -0.1) is 11.3 Å². The summed E-state index contributed by atoms with van der Waals surface area (Å²) in [5.41, 5.74) is 0. The molecular formula is C8H13N3S. The van der Waals surface area contributed by atoms with E-state index in [1.54, 1.807) is 11.3 Å². The first-order valence-corrected chi connectivity index (χ1v) is 5.06. The Balaban J connectivity index is 1.94. The summed E-state index contributed by atoms with van der Waals surface area (Å²) in [6, 6.07) is 0.579. The number of nitrogens with zero attached hydrogens (tertiary/aromatic N) is 1. The average molecular weight is 183 g/mol. The molecule has 0 spiro atoms. The van der Waals surface area contributed by atoms with E-state index in [4.69, 9.17) is 0 Å². The van der Waals surface area contributed by atoms with Gasteiger partial charge in [0, 0.05) is 23.7 Å². The summed E-state index contributed by atoms with van der Waals surface area (Å²) in [6.07, 6.45) is 3.12. The lowest BCUT2D eigenvalue weighted by atomic mass is 10.3. The van der Waals surface area contributed by atoms with E-state index in [9.17, 15) is 0 Å². The third-order valence-electron chi connectivity index (χ3n) is 2.01. The molecule has 2 N–H and O–H groups in total. The third kappa shape index (κ3) is 1.76. The number of anilines is 1. The van der Waals surface area contributed by atoms with Crippen LogP contribution < -0.4 is 10.6 Å². The molecule has 1 saturated heterocycles. The lowest BCUT2D eigenvalue weighted by molar-refractivity contribution is 0.792. The van der Waals surface area contributed by atoms with Crippen molar-refractivity contribution < 1.29 is 0 Å². The third-order valence-corrected chi connectivity index (χ3v) is 2.85. The lowest BCUT2D eigenvalue weighted by Crippen LogP contribution is -2.21. The number of hydrogen-bond donors (Lipinski definition) is 2. The number of aryl methyl sites for hydroxylation is 1. The van der Waals surface area contributed by atoms with Crippen molar-refractivity contribution in [2.24, 2.45) is 0 Å². The predicted molar refractivity (Wildman–Crippen MR) is 51.7 cm³/mol. The smallest absolute Gasteiger partial charge is 0.183 e. The first-order valence-electron chi connectivity index (χ1n) is 4.24. The van der Waals surface area contributed by atoms with Crippen molar-refractivity contribution in [2.75, 3.05) is 18.4 Å². The van der Waals surface area contributed by atoms with Crippen LogP contribution >= 0.6 is 11.3 Å². The summed E-state index contributed by atoms with van der Waals surface area (Å²) in [6.45, 7) is 4.27. The van der Waals surface area contributed by atoms with E-state index in [2.05, 4.69) is 22.5 Å². The van der Waals surface area contributed by atoms with Gasteiger partial charge in [0.1, 0.15) is 0 Å². The largest absolute Gasteiger partial charge is 0.357 e. The van der Waals surface area contributed by atoms with Crippen molar-refractivity contribution in [1.82, 2.24) is 10.3 Å². The second-order valence-electron chi connectivity index (χ2n) is 3.11. The molecule has 1 aromatic rings. The molecule has 0 aromatic carbocycles. The summed E-state index contributed by atoms with van der Waals surface area (Å²) < 4.78 is 0. The van der Waals surface area contributed by atoms with E-state index in [0.717, 1.165) is 18.2 Å². The normalized spacial score (nSPS) is 22.9. The van der Waals surface area contributed by atoms with Gasteiger partial charge in [0.15, 0.2) is 5.13 Å². The summed E-state index contributed by atoms with van der Waals surface area (Å²) in [7, 11) is 0. The topological polar surface area (TPSA) is 37.0 Å². The van der Waals surface area contributed by atoms with Crippen LogP contribution in [-0.2, 0) is 0 Å². The Morgan fingerprint density at radius 3 is 3.25 bits per heavy atom. The van der Waals surface area contributed by atoms with E-state index in [0.29, 0.717) is 6.04 Å². The monoisotopic (exact) mass is 183 g/mol. The maximum Gasteiger partial charge on any atom is 0.183 e. The molecule has 1 aliphatic heterocycles. The van der Waals surface area contributed by atoms with Crippen LogP contribution in [-0.4, -0.2) is 24.1 Å². The van der Waals surface area contributed by atoms with Gasteiger partial charge in [0.05, 0.1) is 0 Å². The lowest BCUT2D eigenvalue weighted by Gasteiger charge is -2.08. The Morgan fingerprint density at radius 1 is 1.75 bits per heavy atom. The van der Waals surface area contributed by atoms with Crippen molar-refractivity contribution >= 4 is 16.5 Å². The minimum atomic E-state index is 0.579. The molecule has 1 aromatic heterocycles. The maximum atomic E-state index is 4.26. The quantitative estimate of drug-likeness (QED) is 0.724. The Hall–Kier alpha value is -0.610. The fourth-order valence-electron chi connectivity index (χ4n) is 1.37. The van der Waals surface area contributed by atoms with Gasteiger partial charge in [-0.3, -0.25) is 0 Å². The van der Waals surface area contributed by atoms with Gasteiger partial charge in [0.25, 0.3) is 0 Å². The molecule has 2 heterocycles. The number of rotatable bonds is 2. The molecule has 2 rings (SSSR count). The first kappa shape index (κ1) is 8.01. The van der Waals surface area contributed by atoms with Crippen molar-refractivity contribution in [3.63, 3.8) is 0 Å². The van der Waals surface area contributed by atoms with Crippen molar-refractivity contribution in [1.29, 1.82) is 0 Å². The molecule has 66 valence electrons. The molecule has 1 unspecified atom stereocenters. The van der Waals surface area contributed by atoms with Crippen LogP contribution in [0, 0.1) is 6.92 Å². The van der Waals surface area contributed by atoms with Crippen LogP contribution in [0.15, 0.2) is 6.20 Å². The van der Waals surface area contributed by atoms with Crippen molar-refractivity contribution in [3.8, 4) is 0 Å². The van der Waals surface area contributed by atoms with Gasteiger partial charge >= 0.3 is 0 Å². The summed E-state index contributed by atoms with van der Waals surface area (Å²) in [5.74, 6) is 0. The molecule has 0 saturated carbocycles. The molecular weight excluding hydrogens is 170 g/mol. The van der Waals surface area contributed by atoms with E-state index in [-0.39, 0.29) is 0 Å². The second kappa shape index (κ2) is 3.41. The van der Waals surface area contributed by atoms with Crippen LogP contribution in [0.1, 0.15) is 11.3 Å². The maximum absolute atomic E-state index is 4.26. The average Bonchev–Trinajstić information content (AvgIpc) is 2.63. The van der Waals surface area contributed by atoms with Crippen molar-refractivity contribution in [3.05, 3.63) is 11.1 Å². The van der Waals surface area contributed by atoms with E-state index >= 15 is 0 Å². The molecule has 1 fully saturated rings. The van der Waals surface area contributed by atoms with Gasteiger partial charge in [-0.1, -0.05) is 0 Å². The predicted octanol–water partition coefficient (Wildman–Crippen LogP) is 1.23. The Bertz CT molecular complexity index is 253. The fraction of sp³-hybridized carbons (Fsp3) is 0.625. The molecule has 3 nitrogen and oxygen atoms in total. The van der Waals surface area contributed by atoms with Crippen LogP contribution in [0.5, 0.6) is 0 Å². The zero-order chi connectivity index (χ0) is 8.39. The minimum Gasteiger partial charge on any atom is -0.357 e. The Labute approximate surface area is 76.2 Å². The van der Waals surface area contributed by atoms with Crippen LogP contribution in [0.2, 0.25) is 0 Å². The zero-order valence-electron chi connectivity index (χ0n) is 7.13. The molecule has 4 heteroatoms. The highest BCUT2D eigenvalue weighted by Crippen LogP contribution is 2.18. The van der Waals surface area contributed by atoms with Crippen LogP contribution in [0.3, 0.4) is 0 Å². The van der Waals surface area contributed by atoms with Gasteiger partial charge in [-0.25, -0.2) is 4.98 Å². The van der Waals surface area contributed by atoms with Gasteiger partial charge in [-0.2, -0.15) is 0 Å². The van der Waals surface area contributed by atoms with E-state index in [1.165, 1.54) is 11.3 Å². The second-order valence-corrected chi connectivity index (χ2v) is 4.34. The first-order chi connectivity index (χ1) is 5.84. The molecule has 1 aliphatic rings. The fourth-order valence-corrected chi connectivity index (χ4v) is 2.12. The molecule has 0 radical (unpaired) electrons. The summed E-state index contributed by atoms with van der Waals surface area (Å²) in [5, 5.41) is 7.78. The molecule has 1 atom stereocenters. The zero-order valence-corrected chi connectivity index (χ0v) is 7.95. The summed E-state index contributed by atoms with van der Waals surface area (Å²) >= 11 is 1.72. The number of nitrogens with one attached hydrogen (secondary N) is 2. The molecule has 12 heavy (non-hydrogen) atoms. The van der Waals surface area contributed by atoms with Crippen LogP contribution in [0.25, 0.3) is 0 Å². The summed E-state index contributed by atoms with van der Waals surface area (Å²) in [4.78, 5) is 5.53. The number of thiazole rings is 1. The van der Waals surface area contributed by atoms with Gasteiger partial charge < -0.3 is 10.6 Å². The minimum absolute atomic E-state index is 0.579. The van der Waals surface area contributed by atoms with E-state index < -0.39 is 0 Å². The number of aromatic nitrogens is 1. The SMILES string of the molecule is Cc1cnc(NC2CCNC2)s1. The van der Waals surface area contributed by atoms with Crippen molar-refractivity contribution in [2.45, 2.75) is 19.4 Å². The highest BCUT2D eigenvalue weighted by Gasteiger charge is 2.14. The van der Waals surface area contributed by atoms with Crippen LogP contribution in [0.4, 0.5) is 5.13 Å². The molecule has 0 amide bonds. The standard InChI is InChI=1S/C8H13N3S/c1-6-4-10-8(12-6)11-7-2-3-9-5-7/h4,7,9H,2-3,5H2,1H3,(H,10,11). The van der Waals surface area contributed by atoms with Gasteiger partial charge in [0.2, 0.25) is 0 Å².